The van der Waals surface area contributed by atoms with Gasteiger partial charge < -0.3 is 10.2 Å². The van der Waals surface area contributed by atoms with E-state index in [1.54, 1.807) is 0 Å². The molecule has 1 aromatic rings. The van der Waals surface area contributed by atoms with Crippen molar-refractivity contribution in [3.63, 3.8) is 0 Å². The smallest absolute Gasteiger partial charge is 0.326 e. The molecule has 1 aliphatic heterocycles. The van der Waals surface area contributed by atoms with Gasteiger partial charge in [-0.3, -0.25) is 24.6 Å². The number of aliphatic carboxylic acids is 2. The Morgan fingerprint density at radius 1 is 1.32 bits per heavy atom. The van der Waals surface area contributed by atoms with Crippen LogP contribution in [0, 0.1) is 10.1 Å². The first kappa shape index (κ1) is 15.4. The first-order valence-corrected chi connectivity index (χ1v) is 6.34. The molecule has 9 nitrogen and oxygen atoms in total. The maximum Gasteiger partial charge on any atom is 0.326 e. The molecule has 1 aliphatic rings. The lowest BCUT2D eigenvalue weighted by molar-refractivity contribution is -0.552. The molecule has 2 unspecified atom stereocenters. The van der Waals surface area contributed by atoms with E-state index in [9.17, 15) is 29.6 Å². The number of hydrogen-bond acceptors (Lipinski definition) is 5. The molecule has 2 rings (SSSR count). The number of carboxylic acid groups (broad SMARTS) is 2. The van der Waals surface area contributed by atoms with Crippen molar-refractivity contribution < 1.29 is 29.5 Å². The van der Waals surface area contributed by atoms with Gasteiger partial charge in [0.2, 0.25) is 0 Å². The topological polar surface area (TPSA) is 138 Å². The third-order valence-corrected chi connectivity index (χ3v) is 3.42. The number of rotatable bonds is 6. The van der Waals surface area contributed by atoms with E-state index in [0.29, 0.717) is 4.90 Å². The molecule has 0 aliphatic carbocycles. The van der Waals surface area contributed by atoms with Crippen LogP contribution in [0.3, 0.4) is 0 Å². The number of carbonyl (C=O) groups is 3. The van der Waals surface area contributed by atoms with Crippen LogP contribution in [-0.2, 0) is 9.59 Å². The first-order valence-electron chi connectivity index (χ1n) is 6.34. The summed E-state index contributed by atoms with van der Waals surface area (Å²) in [5.74, 6) is -3.50. The Balaban J connectivity index is 2.43. The van der Waals surface area contributed by atoms with E-state index in [0.717, 1.165) is 0 Å². The Hall–Kier alpha value is -2.97. The van der Waals surface area contributed by atoms with Crippen LogP contribution in [0.1, 0.15) is 34.9 Å². The molecule has 2 atom stereocenters. The molecule has 0 bridgehead atoms. The minimum atomic E-state index is -1.63. The van der Waals surface area contributed by atoms with Crippen LogP contribution in [-0.4, -0.2) is 43.9 Å². The summed E-state index contributed by atoms with van der Waals surface area (Å²) in [4.78, 5) is 45.5. The van der Waals surface area contributed by atoms with Gasteiger partial charge in [-0.05, 0) is 18.6 Å². The van der Waals surface area contributed by atoms with Gasteiger partial charge in [0.05, 0.1) is 16.1 Å². The van der Waals surface area contributed by atoms with Gasteiger partial charge in [0, 0.05) is 6.42 Å². The average Bonchev–Trinajstić information content (AvgIpc) is 2.73. The summed E-state index contributed by atoms with van der Waals surface area (Å²) in [7, 11) is 0. The van der Waals surface area contributed by atoms with Crippen LogP contribution < -0.4 is 0 Å². The summed E-state index contributed by atoms with van der Waals surface area (Å²) in [6.45, 7) is 0. The number of nitrogens with zero attached hydrogens (tertiary/aromatic N) is 2. The SMILES string of the molecule is O=C(O)CCC(C(=O)O)N1C(=O)c2ccccc2C1[N+](=O)[O-]. The second kappa shape index (κ2) is 5.80. The predicted molar refractivity (Wildman–Crippen MR) is 70.6 cm³/mol. The molecule has 0 saturated carbocycles. The van der Waals surface area contributed by atoms with Crippen molar-refractivity contribution in [1.29, 1.82) is 0 Å². The summed E-state index contributed by atoms with van der Waals surface area (Å²) in [5, 5.41) is 29.2. The number of benzene rings is 1. The highest BCUT2D eigenvalue weighted by Crippen LogP contribution is 2.36. The van der Waals surface area contributed by atoms with Crippen molar-refractivity contribution in [2.24, 2.45) is 0 Å². The summed E-state index contributed by atoms with van der Waals surface area (Å²) in [6, 6.07) is 4.22. The molecule has 0 spiro atoms. The monoisotopic (exact) mass is 308 g/mol. The molecule has 0 aromatic heterocycles. The molecule has 9 heteroatoms. The van der Waals surface area contributed by atoms with Crippen molar-refractivity contribution in [3.8, 4) is 0 Å². The predicted octanol–water partition coefficient (Wildman–Crippen LogP) is 0.736. The van der Waals surface area contributed by atoms with Crippen molar-refractivity contribution in [3.05, 3.63) is 45.5 Å². The fourth-order valence-electron chi connectivity index (χ4n) is 2.49. The molecule has 116 valence electrons. The Kier molecular flexibility index (Phi) is 4.06. The molecule has 1 aromatic carbocycles. The largest absolute Gasteiger partial charge is 0.481 e. The van der Waals surface area contributed by atoms with Crippen LogP contribution >= 0.6 is 0 Å². The quantitative estimate of drug-likeness (QED) is 0.583. The second-order valence-corrected chi connectivity index (χ2v) is 4.75. The van der Waals surface area contributed by atoms with Crippen molar-refractivity contribution in [2.75, 3.05) is 0 Å². The van der Waals surface area contributed by atoms with Crippen molar-refractivity contribution in [1.82, 2.24) is 4.90 Å². The van der Waals surface area contributed by atoms with Gasteiger partial charge in [0.1, 0.15) is 6.04 Å². The van der Waals surface area contributed by atoms with Crippen molar-refractivity contribution >= 4 is 17.8 Å². The van der Waals surface area contributed by atoms with Crippen LogP contribution in [0.4, 0.5) is 0 Å². The Bertz CT molecular complexity index is 658. The molecule has 0 radical (unpaired) electrons. The zero-order valence-corrected chi connectivity index (χ0v) is 11.2. The molecular formula is C13H12N2O7. The fourth-order valence-corrected chi connectivity index (χ4v) is 2.49. The van der Waals surface area contributed by atoms with Crippen LogP contribution in [0.15, 0.2) is 24.3 Å². The normalized spacial score (nSPS) is 17.9. The van der Waals surface area contributed by atoms with E-state index in [1.165, 1.54) is 24.3 Å². The van der Waals surface area contributed by atoms with Crippen LogP contribution in [0.2, 0.25) is 0 Å². The summed E-state index contributed by atoms with van der Waals surface area (Å²) >= 11 is 0. The lowest BCUT2D eigenvalue weighted by atomic mass is 10.1. The average molecular weight is 308 g/mol. The van der Waals surface area contributed by atoms with Crippen LogP contribution in [0.25, 0.3) is 0 Å². The highest BCUT2D eigenvalue weighted by Gasteiger charge is 2.49. The summed E-state index contributed by atoms with van der Waals surface area (Å²) in [5.41, 5.74) is 0.171. The zero-order chi connectivity index (χ0) is 16.4. The number of carbonyl (C=O) groups excluding carboxylic acids is 1. The number of hydrogen-bond donors (Lipinski definition) is 2. The second-order valence-electron chi connectivity index (χ2n) is 4.75. The van der Waals surface area contributed by atoms with Crippen molar-refractivity contribution in [2.45, 2.75) is 25.0 Å². The molecule has 22 heavy (non-hydrogen) atoms. The number of carboxylic acids is 2. The van der Waals surface area contributed by atoms with Gasteiger partial charge in [0.25, 0.3) is 5.91 Å². The molecule has 0 fully saturated rings. The third kappa shape index (κ3) is 2.60. The molecule has 0 saturated heterocycles. The Morgan fingerprint density at radius 2 is 1.95 bits per heavy atom. The lowest BCUT2D eigenvalue weighted by Gasteiger charge is -2.25. The van der Waals surface area contributed by atoms with E-state index in [1.807, 2.05) is 0 Å². The molecule has 1 heterocycles. The van der Waals surface area contributed by atoms with Gasteiger partial charge in [-0.25, -0.2) is 4.79 Å². The minimum Gasteiger partial charge on any atom is -0.481 e. The van der Waals surface area contributed by atoms with E-state index in [-0.39, 0.29) is 11.1 Å². The number of amides is 1. The first-order chi connectivity index (χ1) is 10.3. The van der Waals surface area contributed by atoms with Gasteiger partial charge in [-0.2, -0.15) is 0 Å². The highest BCUT2D eigenvalue weighted by molar-refractivity contribution is 6.01. The van der Waals surface area contributed by atoms with E-state index in [4.69, 9.17) is 5.11 Å². The lowest BCUT2D eigenvalue weighted by Crippen LogP contribution is -2.45. The van der Waals surface area contributed by atoms with Gasteiger partial charge in [-0.1, -0.05) is 12.1 Å². The Labute approximate surface area is 123 Å². The number of nitro groups is 1. The fraction of sp³-hybridized carbons (Fsp3) is 0.308. The maximum atomic E-state index is 12.3. The Morgan fingerprint density at radius 3 is 2.50 bits per heavy atom. The molecule has 2 N–H and O–H groups in total. The minimum absolute atomic E-state index is 0.0609. The maximum absolute atomic E-state index is 12.3. The molecular weight excluding hydrogens is 296 g/mol. The van der Waals surface area contributed by atoms with Gasteiger partial charge >= 0.3 is 18.1 Å². The summed E-state index contributed by atoms with van der Waals surface area (Å²) < 4.78 is 0. The van der Waals surface area contributed by atoms with E-state index < -0.39 is 47.8 Å². The third-order valence-electron chi connectivity index (χ3n) is 3.42. The number of fused-ring (bicyclic) bond motifs is 1. The zero-order valence-electron chi connectivity index (χ0n) is 11.2. The summed E-state index contributed by atoms with van der Waals surface area (Å²) in [6.07, 6.45) is -2.55. The van der Waals surface area contributed by atoms with E-state index >= 15 is 0 Å². The van der Waals surface area contributed by atoms with Gasteiger partial charge in [-0.15, -0.1) is 0 Å². The molecule has 1 amide bonds. The standard InChI is InChI=1S/C13H12N2O7/c16-10(17)6-5-9(13(19)20)14-11(15(21)22)7-3-1-2-4-8(7)12(14)18/h1-4,9,11H,5-6H2,(H,16,17)(H,19,20). The highest BCUT2D eigenvalue weighted by atomic mass is 16.6. The van der Waals surface area contributed by atoms with E-state index in [2.05, 4.69) is 0 Å². The van der Waals surface area contributed by atoms with Gasteiger partial charge in [0.15, 0.2) is 0 Å². The van der Waals surface area contributed by atoms with Crippen LogP contribution in [0.5, 0.6) is 0 Å².